The van der Waals surface area contributed by atoms with Gasteiger partial charge in [-0.25, -0.2) is 8.42 Å². The van der Waals surface area contributed by atoms with E-state index in [2.05, 4.69) is 5.32 Å². The first-order valence-corrected chi connectivity index (χ1v) is 13.7. The lowest BCUT2D eigenvalue weighted by molar-refractivity contribution is -0.376. The highest BCUT2D eigenvalue weighted by atomic mass is 32.2. The van der Waals surface area contributed by atoms with Gasteiger partial charge in [0.1, 0.15) is 6.04 Å². The number of carbonyl (C=O) groups excluding carboxylic acids is 1. The van der Waals surface area contributed by atoms with Crippen LogP contribution in [0.4, 0.5) is 32.0 Å². The average Bonchev–Trinajstić information content (AvgIpc) is 3.52. The molecule has 1 saturated carbocycles. The highest BCUT2D eigenvalue weighted by molar-refractivity contribution is 7.90. The fourth-order valence-corrected chi connectivity index (χ4v) is 5.45. The number of aliphatic hydroxyl groups is 1. The Morgan fingerprint density at radius 2 is 1.67 bits per heavy atom. The number of anilines is 1. The van der Waals surface area contributed by atoms with Crippen LogP contribution in [0.2, 0.25) is 0 Å². The Hall–Kier alpha value is -2.68. The van der Waals surface area contributed by atoms with Crippen LogP contribution in [-0.4, -0.2) is 62.2 Å². The van der Waals surface area contributed by atoms with Crippen molar-refractivity contribution in [1.82, 2.24) is 4.90 Å². The smallest absolute Gasteiger partial charge is 0.378 e. The van der Waals surface area contributed by atoms with Crippen molar-refractivity contribution in [3.8, 4) is 0 Å². The number of sulfone groups is 1. The zero-order valence-corrected chi connectivity index (χ0v) is 21.7. The number of ether oxygens (including phenoxy) is 1. The van der Waals surface area contributed by atoms with Crippen molar-refractivity contribution in [2.24, 2.45) is 0 Å². The quantitative estimate of drug-likeness (QED) is 0.448. The minimum absolute atomic E-state index is 0.0789. The summed E-state index contributed by atoms with van der Waals surface area (Å²) in [6.07, 6.45) is -8.69. The highest BCUT2D eigenvalue weighted by Crippen LogP contribution is 2.50. The van der Waals surface area contributed by atoms with Crippen LogP contribution in [-0.2, 0) is 31.5 Å². The maximum Gasteiger partial charge on any atom is 0.430 e. The van der Waals surface area contributed by atoms with Crippen molar-refractivity contribution < 1.29 is 49.4 Å². The summed E-state index contributed by atoms with van der Waals surface area (Å²) < 4.78 is 109. The summed E-state index contributed by atoms with van der Waals surface area (Å²) in [5, 5.41) is 12.1. The molecule has 0 radical (unpaired) electrons. The van der Waals surface area contributed by atoms with E-state index >= 15 is 0 Å². The van der Waals surface area contributed by atoms with Gasteiger partial charge in [-0.2, -0.15) is 26.3 Å². The number of carbonyl (C=O) groups is 1. The molecule has 14 heteroatoms. The molecule has 0 saturated heterocycles. The monoisotopic (exact) mass is 580 g/mol. The lowest BCUT2D eigenvalue weighted by Gasteiger charge is -2.32. The highest BCUT2D eigenvalue weighted by Gasteiger charge is 2.71. The molecule has 1 aliphatic heterocycles. The molecule has 2 aliphatic rings. The molecule has 1 aliphatic carbocycles. The van der Waals surface area contributed by atoms with Crippen molar-refractivity contribution in [3.05, 3.63) is 59.2 Å². The molecule has 0 aromatic heterocycles. The molecule has 2 aromatic carbocycles. The maximum atomic E-state index is 13.4. The van der Waals surface area contributed by atoms with Crippen LogP contribution in [0.15, 0.2) is 47.4 Å². The SMILES string of the molecule is COC1(CCN2Cc3cc(S(C)(=O)=O)ccc3C2C(=O)Nc2ccc(C(O)(C(F)(F)F)C(F)(F)F)cc2)CC1. The van der Waals surface area contributed by atoms with Gasteiger partial charge in [0.25, 0.3) is 5.60 Å². The Kier molecular flexibility index (Phi) is 7.33. The molecule has 1 fully saturated rings. The van der Waals surface area contributed by atoms with Crippen LogP contribution < -0.4 is 5.32 Å². The third kappa shape index (κ3) is 5.52. The number of methoxy groups -OCH3 is 1. The van der Waals surface area contributed by atoms with E-state index in [4.69, 9.17) is 4.74 Å². The first kappa shape index (κ1) is 29.3. The third-order valence-corrected chi connectivity index (χ3v) is 8.42. The van der Waals surface area contributed by atoms with E-state index in [1.807, 2.05) is 4.90 Å². The van der Waals surface area contributed by atoms with E-state index in [0.29, 0.717) is 36.2 Å². The van der Waals surface area contributed by atoms with Crippen molar-refractivity contribution in [2.45, 2.75) is 60.3 Å². The Balaban J connectivity index is 1.60. The molecule has 1 heterocycles. The molecule has 214 valence electrons. The second kappa shape index (κ2) is 9.75. The molecular weight excluding hydrogens is 554 g/mol. The van der Waals surface area contributed by atoms with Crippen molar-refractivity contribution in [2.75, 3.05) is 25.2 Å². The van der Waals surface area contributed by atoms with E-state index in [1.165, 1.54) is 18.2 Å². The minimum Gasteiger partial charge on any atom is -0.378 e. The van der Waals surface area contributed by atoms with Gasteiger partial charge < -0.3 is 15.2 Å². The fourth-order valence-electron chi connectivity index (χ4n) is 4.77. The number of hydrogen-bond donors (Lipinski definition) is 2. The van der Waals surface area contributed by atoms with Gasteiger partial charge in [0.2, 0.25) is 5.91 Å². The first-order chi connectivity index (χ1) is 17.9. The fraction of sp³-hybridized carbons (Fsp3) is 0.480. The van der Waals surface area contributed by atoms with Crippen LogP contribution in [0.1, 0.15) is 42.0 Å². The predicted molar refractivity (Wildman–Crippen MR) is 127 cm³/mol. The molecule has 0 bridgehead atoms. The second-order valence-electron chi connectivity index (χ2n) is 9.92. The Morgan fingerprint density at radius 3 is 2.15 bits per heavy atom. The van der Waals surface area contributed by atoms with Gasteiger partial charge in [0.15, 0.2) is 9.84 Å². The summed E-state index contributed by atoms with van der Waals surface area (Å²) >= 11 is 0. The average molecular weight is 581 g/mol. The molecule has 39 heavy (non-hydrogen) atoms. The van der Waals surface area contributed by atoms with Crippen molar-refractivity contribution in [3.63, 3.8) is 0 Å². The molecule has 1 atom stereocenters. The van der Waals surface area contributed by atoms with E-state index in [9.17, 15) is 44.7 Å². The molecule has 0 spiro atoms. The van der Waals surface area contributed by atoms with E-state index in [-0.39, 0.29) is 22.7 Å². The summed E-state index contributed by atoms with van der Waals surface area (Å²) in [5.74, 6) is -0.613. The maximum absolute atomic E-state index is 13.4. The molecular formula is C25H26F6N2O5S. The van der Waals surface area contributed by atoms with Crippen LogP contribution in [0.25, 0.3) is 0 Å². The van der Waals surface area contributed by atoms with Crippen LogP contribution in [0.3, 0.4) is 0 Å². The summed E-state index contributed by atoms with van der Waals surface area (Å²) in [7, 11) is -1.92. The number of hydrogen-bond acceptors (Lipinski definition) is 6. The lowest BCUT2D eigenvalue weighted by atomic mass is 9.92. The first-order valence-electron chi connectivity index (χ1n) is 11.8. The summed E-state index contributed by atoms with van der Waals surface area (Å²) in [4.78, 5) is 15.3. The second-order valence-corrected chi connectivity index (χ2v) is 11.9. The Labute approximate surface area is 220 Å². The minimum atomic E-state index is -6.03. The van der Waals surface area contributed by atoms with Gasteiger partial charge in [-0.3, -0.25) is 9.69 Å². The van der Waals surface area contributed by atoms with Gasteiger partial charge in [0.05, 0.1) is 10.5 Å². The standard InChI is InChI=1S/C25H26F6N2O5S/c1-38-22(9-10-22)11-12-33-14-15-13-18(39(2,36)37)7-8-19(15)20(33)21(34)32-17-5-3-16(4-6-17)23(35,24(26,27)28)25(29,30)31/h3-8,13,20,35H,9-12,14H2,1-2H3,(H,32,34). The number of alkyl halides is 6. The molecule has 2 N–H and O–H groups in total. The number of nitrogens with one attached hydrogen (secondary N) is 1. The van der Waals surface area contributed by atoms with Crippen molar-refractivity contribution in [1.29, 1.82) is 0 Å². The van der Waals surface area contributed by atoms with Crippen LogP contribution in [0, 0.1) is 0 Å². The predicted octanol–water partition coefficient (Wildman–Crippen LogP) is 4.47. The molecule has 1 amide bonds. The number of amides is 1. The zero-order chi connectivity index (χ0) is 29.0. The molecule has 4 rings (SSSR count). The van der Waals surface area contributed by atoms with Gasteiger partial charge in [-0.15, -0.1) is 0 Å². The Bertz CT molecular complexity index is 1340. The Morgan fingerprint density at radius 1 is 1.08 bits per heavy atom. The largest absolute Gasteiger partial charge is 0.430 e. The normalized spacial score (nSPS) is 19.6. The van der Waals surface area contributed by atoms with Gasteiger partial charge in [0, 0.05) is 37.7 Å². The third-order valence-electron chi connectivity index (χ3n) is 7.31. The topological polar surface area (TPSA) is 95.9 Å². The summed E-state index contributed by atoms with van der Waals surface area (Å²) in [5.41, 5.74) is -5.78. The van der Waals surface area contributed by atoms with Gasteiger partial charge in [-0.05, 0) is 54.7 Å². The van der Waals surface area contributed by atoms with Gasteiger partial charge in [-0.1, -0.05) is 18.2 Å². The number of fused-ring (bicyclic) bond motifs is 1. The lowest BCUT2D eigenvalue weighted by Crippen LogP contribution is -2.53. The molecule has 2 aromatic rings. The molecule has 1 unspecified atom stereocenters. The zero-order valence-electron chi connectivity index (χ0n) is 20.9. The summed E-state index contributed by atoms with van der Waals surface area (Å²) in [6.45, 7) is 0.664. The summed E-state index contributed by atoms with van der Waals surface area (Å²) in [6, 6.07) is 6.06. The van der Waals surface area contributed by atoms with E-state index < -0.39 is 45.3 Å². The number of rotatable bonds is 8. The number of halogens is 6. The van der Waals surface area contributed by atoms with Crippen LogP contribution in [0.5, 0.6) is 0 Å². The number of nitrogens with zero attached hydrogens (tertiary/aromatic N) is 1. The molecule has 7 nitrogen and oxygen atoms in total. The van der Waals surface area contributed by atoms with E-state index in [0.717, 1.165) is 31.2 Å². The van der Waals surface area contributed by atoms with Gasteiger partial charge >= 0.3 is 12.4 Å². The van der Waals surface area contributed by atoms with E-state index in [1.54, 1.807) is 7.11 Å². The number of benzene rings is 2. The van der Waals surface area contributed by atoms with Crippen LogP contribution >= 0.6 is 0 Å². The van der Waals surface area contributed by atoms with Crippen molar-refractivity contribution >= 4 is 21.4 Å².